The lowest BCUT2D eigenvalue weighted by molar-refractivity contribution is 0.395. The first-order valence-electron chi connectivity index (χ1n) is 6.10. The summed E-state index contributed by atoms with van der Waals surface area (Å²) in [7, 11) is -3.88. The van der Waals surface area contributed by atoms with Crippen LogP contribution in [0.5, 0.6) is 11.5 Å². The van der Waals surface area contributed by atoms with Crippen molar-refractivity contribution in [2.75, 3.05) is 0 Å². The van der Waals surface area contributed by atoms with Crippen molar-refractivity contribution in [1.29, 1.82) is 0 Å². The van der Waals surface area contributed by atoms with Crippen LogP contribution in [0.25, 0.3) is 0 Å². The number of para-hydroxylation sites is 2. The van der Waals surface area contributed by atoms with Gasteiger partial charge in [-0.2, -0.15) is 0 Å². The molecule has 2 aromatic rings. The number of hydrogen-bond acceptors (Lipinski definition) is 4. The predicted molar refractivity (Wildman–Crippen MR) is 78.0 cm³/mol. The minimum Gasteiger partial charge on any atom is -0.411 e. The Morgan fingerprint density at radius 2 is 1.25 bits per heavy atom. The summed E-state index contributed by atoms with van der Waals surface area (Å²) < 4.78 is 23.0. The van der Waals surface area contributed by atoms with Gasteiger partial charge in [0.25, 0.3) is 6.03 Å². The Morgan fingerprint density at radius 1 is 0.850 bits per heavy atom. The molecule has 0 atom stereocenters. The van der Waals surface area contributed by atoms with Gasteiger partial charge in [-0.05, 0) is 37.1 Å². The van der Waals surface area contributed by atoms with Gasteiger partial charge in [0.15, 0.2) is 0 Å². The second-order valence-electron chi connectivity index (χ2n) is 4.36. The van der Waals surface area contributed by atoms with Crippen molar-refractivity contribution in [3.05, 3.63) is 59.7 Å². The summed E-state index contributed by atoms with van der Waals surface area (Å²) >= 11 is 0. The summed E-state index contributed by atoms with van der Waals surface area (Å²) in [6, 6.07) is 14.3. The number of benzene rings is 2. The zero-order chi connectivity index (χ0) is 14.6. The van der Waals surface area contributed by atoms with Crippen molar-refractivity contribution >= 4 is 13.6 Å². The van der Waals surface area contributed by atoms with Crippen LogP contribution >= 0.6 is 7.60 Å². The van der Waals surface area contributed by atoms with Crippen molar-refractivity contribution in [3.63, 3.8) is 0 Å². The van der Waals surface area contributed by atoms with Gasteiger partial charge in [0.2, 0.25) is 0 Å². The van der Waals surface area contributed by atoms with Gasteiger partial charge in [-0.1, -0.05) is 36.4 Å². The lowest BCUT2D eigenvalue weighted by atomic mass is 10.2. The van der Waals surface area contributed by atoms with Crippen LogP contribution in [0.15, 0.2) is 48.5 Å². The molecule has 0 spiro atoms. The van der Waals surface area contributed by atoms with Crippen molar-refractivity contribution in [2.24, 2.45) is 0 Å². The van der Waals surface area contributed by atoms with Gasteiger partial charge in [0.1, 0.15) is 11.5 Å². The van der Waals surface area contributed by atoms with Crippen LogP contribution in [0.2, 0.25) is 0 Å². The average molecular weight is 290 g/mol. The molecule has 0 saturated carbocycles. The highest BCUT2D eigenvalue weighted by molar-refractivity contribution is 7.70. The molecule has 4 nitrogen and oxygen atoms in total. The lowest BCUT2D eigenvalue weighted by Crippen LogP contribution is -2.03. The van der Waals surface area contributed by atoms with E-state index in [0.717, 1.165) is 11.1 Å². The van der Waals surface area contributed by atoms with Gasteiger partial charge in [-0.15, -0.1) is 0 Å². The molecule has 0 heterocycles. The summed E-state index contributed by atoms with van der Waals surface area (Å²) in [5.74, 6) is 0.744. The van der Waals surface area contributed by atoms with Crippen LogP contribution in [-0.4, -0.2) is 6.03 Å². The van der Waals surface area contributed by atoms with E-state index in [1.807, 2.05) is 12.1 Å². The quantitative estimate of drug-likeness (QED) is 0.613. The molecule has 0 aromatic heterocycles. The van der Waals surface area contributed by atoms with Gasteiger partial charge in [0.05, 0.1) is 0 Å². The Bertz CT molecular complexity index is 615. The Morgan fingerprint density at radius 3 is 1.60 bits per heavy atom. The number of rotatable bonds is 5. The van der Waals surface area contributed by atoms with Gasteiger partial charge in [-0.3, -0.25) is 4.79 Å². The third kappa shape index (κ3) is 3.28. The summed E-state index contributed by atoms with van der Waals surface area (Å²) in [5.41, 5.74) is 1.56. The average Bonchev–Trinajstić information content (AvgIpc) is 2.44. The summed E-state index contributed by atoms with van der Waals surface area (Å²) in [5, 5.41) is 0. The minimum absolute atomic E-state index is 0.228. The molecule has 20 heavy (non-hydrogen) atoms. The normalized spacial score (nSPS) is 10.9. The third-order valence-electron chi connectivity index (χ3n) is 2.77. The SMILES string of the molecule is Cc1ccccc1OP(=O)(C=O)Oc1ccccc1C. The lowest BCUT2D eigenvalue weighted by Gasteiger charge is -2.17. The fraction of sp³-hybridized carbons (Fsp3) is 0.133. The van der Waals surface area contributed by atoms with Gasteiger partial charge in [0, 0.05) is 0 Å². The highest BCUT2D eigenvalue weighted by Crippen LogP contribution is 2.46. The first-order chi connectivity index (χ1) is 9.54. The Labute approximate surface area is 117 Å². The van der Waals surface area contributed by atoms with E-state index in [4.69, 9.17) is 9.05 Å². The molecule has 2 aromatic carbocycles. The summed E-state index contributed by atoms with van der Waals surface area (Å²) in [6.07, 6.45) is 0. The van der Waals surface area contributed by atoms with E-state index in [2.05, 4.69) is 0 Å². The molecule has 0 bridgehead atoms. The Kier molecular flexibility index (Phi) is 4.26. The maximum absolute atomic E-state index is 12.4. The van der Waals surface area contributed by atoms with Crippen molar-refractivity contribution in [1.82, 2.24) is 0 Å². The molecule has 0 aliphatic heterocycles. The maximum atomic E-state index is 12.4. The molecule has 0 saturated heterocycles. The van der Waals surface area contributed by atoms with Crippen LogP contribution in [0.4, 0.5) is 0 Å². The second-order valence-corrected chi connectivity index (χ2v) is 6.01. The van der Waals surface area contributed by atoms with E-state index in [9.17, 15) is 9.36 Å². The number of aryl methyl sites for hydroxylation is 2. The van der Waals surface area contributed by atoms with Crippen LogP contribution in [0.3, 0.4) is 0 Å². The van der Waals surface area contributed by atoms with Gasteiger partial charge >= 0.3 is 7.60 Å². The molecular weight excluding hydrogens is 275 g/mol. The van der Waals surface area contributed by atoms with Gasteiger partial charge < -0.3 is 9.05 Å². The fourth-order valence-electron chi connectivity index (χ4n) is 1.65. The van der Waals surface area contributed by atoms with Crippen LogP contribution in [0.1, 0.15) is 11.1 Å². The van der Waals surface area contributed by atoms with E-state index in [0.29, 0.717) is 11.5 Å². The van der Waals surface area contributed by atoms with E-state index >= 15 is 0 Å². The van der Waals surface area contributed by atoms with E-state index in [-0.39, 0.29) is 6.03 Å². The van der Waals surface area contributed by atoms with Crippen molar-refractivity contribution in [2.45, 2.75) is 13.8 Å². The second kappa shape index (κ2) is 5.93. The monoisotopic (exact) mass is 290 g/mol. The zero-order valence-electron chi connectivity index (χ0n) is 11.3. The number of carbonyl (C=O) groups is 1. The molecule has 0 N–H and O–H groups in total. The first kappa shape index (κ1) is 14.4. The number of carbonyl (C=O) groups excluding carboxylic acids is 1. The fourth-order valence-corrected chi connectivity index (χ4v) is 2.73. The summed E-state index contributed by atoms with van der Waals surface area (Å²) in [4.78, 5) is 11.1. The van der Waals surface area contributed by atoms with Crippen molar-refractivity contribution < 1.29 is 18.4 Å². The standard InChI is InChI=1S/C15H15O4P/c1-12-7-3-5-9-14(12)18-20(17,11-16)19-15-10-6-4-8-13(15)2/h3-11H,1-2H3. The molecule has 5 heteroatoms. The van der Waals surface area contributed by atoms with E-state index in [1.165, 1.54) is 0 Å². The topological polar surface area (TPSA) is 52.6 Å². The highest BCUT2D eigenvalue weighted by atomic mass is 31.2. The van der Waals surface area contributed by atoms with Crippen LogP contribution < -0.4 is 9.05 Å². The maximum Gasteiger partial charge on any atom is 0.495 e. The zero-order valence-corrected chi connectivity index (χ0v) is 12.2. The minimum atomic E-state index is -3.88. The highest BCUT2D eigenvalue weighted by Gasteiger charge is 2.28. The Balaban J connectivity index is 2.27. The molecular formula is C15H15O4P. The largest absolute Gasteiger partial charge is 0.495 e. The van der Waals surface area contributed by atoms with E-state index in [1.54, 1.807) is 50.2 Å². The molecule has 0 fully saturated rings. The van der Waals surface area contributed by atoms with Crippen molar-refractivity contribution in [3.8, 4) is 11.5 Å². The summed E-state index contributed by atoms with van der Waals surface area (Å²) in [6.45, 7) is 3.61. The molecule has 0 aliphatic carbocycles. The third-order valence-corrected chi connectivity index (χ3v) is 3.93. The molecule has 0 radical (unpaired) electrons. The first-order valence-corrected chi connectivity index (χ1v) is 7.72. The predicted octanol–water partition coefficient (Wildman–Crippen LogP) is 4.14. The molecule has 0 unspecified atom stereocenters. The van der Waals surface area contributed by atoms with Crippen LogP contribution in [-0.2, 0) is 9.36 Å². The van der Waals surface area contributed by atoms with E-state index < -0.39 is 7.60 Å². The van der Waals surface area contributed by atoms with Gasteiger partial charge in [-0.25, -0.2) is 4.57 Å². The molecule has 104 valence electrons. The molecule has 2 rings (SSSR count). The van der Waals surface area contributed by atoms with Crippen LogP contribution in [0, 0.1) is 13.8 Å². The molecule has 0 aliphatic rings. The molecule has 0 amide bonds. The number of hydrogen-bond donors (Lipinski definition) is 0. The smallest absolute Gasteiger partial charge is 0.411 e. The Hall–Kier alpha value is -2.06.